The van der Waals surface area contributed by atoms with Crippen LogP contribution in [0.5, 0.6) is 0 Å². The summed E-state index contributed by atoms with van der Waals surface area (Å²) < 4.78 is 5.64. The summed E-state index contributed by atoms with van der Waals surface area (Å²) in [5.74, 6) is 0.998. The van der Waals surface area contributed by atoms with Crippen LogP contribution >= 0.6 is 0 Å². The molecule has 2 saturated heterocycles. The Hall–Kier alpha value is -1.52. The molecule has 1 aromatic rings. The second-order valence-corrected chi connectivity index (χ2v) is 12.3. The fourth-order valence-corrected chi connectivity index (χ4v) is 7.38. The van der Waals surface area contributed by atoms with Gasteiger partial charge in [-0.15, -0.1) is 0 Å². The van der Waals surface area contributed by atoms with Crippen LogP contribution in [-0.4, -0.2) is 63.9 Å². The molecule has 2 aliphatic heterocycles. The number of benzene rings is 1. The van der Waals surface area contributed by atoms with Crippen LogP contribution in [0.4, 0.5) is 11.4 Å². The summed E-state index contributed by atoms with van der Waals surface area (Å²) in [6.07, 6.45) is 19.6. The van der Waals surface area contributed by atoms with Crippen LogP contribution in [0.15, 0.2) is 24.3 Å². The number of hydrogen-bond acceptors (Lipinski definition) is 4. The zero-order valence-electron chi connectivity index (χ0n) is 22.1. The Labute approximate surface area is 213 Å². The molecule has 0 N–H and O–H groups in total. The summed E-state index contributed by atoms with van der Waals surface area (Å²) in [4.78, 5) is 8.02. The molecule has 1 spiro atoms. The van der Waals surface area contributed by atoms with E-state index >= 15 is 0 Å². The molecule has 0 bridgehead atoms. The van der Waals surface area contributed by atoms with Gasteiger partial charge in [0.05, 0.1) is 6.10 Å². The van der Waals surface area contributed by atoms with Gasteiger partial charge in [0.2, 0.25) is 0 Å². The Morgan fingerprint density at radius 2 is 1.63 bits per heavy atom. The third kappa shape index (κ3) is 5.44. The minimum Gasteiger partial charge on any atom is -0.381 e. The van der Waals surface area contributed by atoms with Gasteiger partial charge in [0, 0.05) is 69.9 Å². The largest absolute Gasteiger partial charge is 0.381 e. The zero-order chi connectivity index (χ0) is 23.7. The highest BCUT2D eigenvalue weighted by atomic mass is 16.5. The summed E-state index contributed by atoms with van der Waals surface area (Å²) in [5.41, 5.74) is 6.71. The SMILES string of the molecule is COC1CCN(c2ccc(N3CCN(CC4CC4)CC3)c(C3=CCC4(CCCCC4)CC3)c2)CC1. The van der Waals surface area contributed by atoms with Crippen molar-refractivity contribution in [1.82, 2.24) is 4.90 Å². The van der Waals surface area contributed by atoms with Crippen LogP contribution in [0.25, 0.3) is 5.57 Å². The molecule has 0 radical (unpaired) electrons. The number of methoxy groups -OCH3 is 1. The molecule has 2 saturated carbocycles. The molecular weight excluding hydrogens is 430 g/mol. The van der Waals surface area contributed by atoms with Crippen LogP contribution in [0.1, 0.15) is 82.6 Å². The van der Waals surface area contributed by atoms with Crippen molar-refractivity contribution in [3.8, 4) is 0 Å². The molecule has 2 heterocycles. The molecular formula is C31H47N3O. The molecule has 0 aromatic heterocycles. The molecule has 6 rings (SSSR count). The average molecular weight is 478 g/mol. The molecule has 5 aliphatic rings. The number of piperazine rings is 1. The highest BCUT2D eigenvalue weighted by molar-refractivity contribution is 5.80. The van der Waals surface area contributed by atoms with Crippen LogP contribution in [0.2, 0.25) is 0 Å². The summed E-state index contributed by atoms with van der Waals surface area (Å²) in [7, 11) is 1.87. The Balaban J connectivity index is 1.23. The first kappa shape index (κ1) is 23.9. The van der Waals surface area contributed by atoms with Crippen LogP contribution < -0.4 is 9.80 Å². The smallest absolute Gasteiger partial charge is 0.0605 e. The number of nitrogens with zero attached hydrogens (tertiary/aromatic N) is 3. The highest BCUT2D eigenvalue weighted by Gasteiger charge is 2.34. The van der Waals surface area contributed by atoms with Crippen molar-refractivity contribution in [2.24, 2.45) is 11.3 Å². The third-order valence-electron chi connectivity index (χ3n) is 10.0. The molecule has 0 unspecified atom stereocenters. The fraction of sp³-hybridized carbons (Fsp3) is 0.742. The van der Waals surface area contributed by atoms with Gasteiger partial charge in [-0.1, -0.05) is 25.3 Å². The molecule has 0 atom stereocenters. The summed E-state index contributed by atoms with van der Waals surface area (Å²) in [5, 5.41) is 0. The second-order valence-electron chi connectivity index (χ2n) is 12.3. The maximum atomic E-state index is 5.64. The lowest BCUT2D eigenvalue weighted by molar-refractivity contribution is 0.0819. The van der Waals surface area contributed by atoms with E-state index in [1.54, 1.807) is 5.57 Å². The van der Waals surface area contributed by atoms with E-state index < -0.39 is 0 Å². The van der Waals surface area contributed by atoms with Crippen molar-refractivity contribution >= 4 is 16.9 Å². The van der Waals surface area contributed by atoms with Gasteiger partial charge >= 0.3 is 0 Å². The molecule has 3 aliphatic carbocycles. The number of hydrogen-bond donors (Lipinski definition) is 0. The summed E-state index contributed by atoms with van der Waals surface area (Å²) >= 11 is 0. The van der Waals surface area contributed by atoms with Gasteiger partial charge in [0.25, 0.3) is 0 Å². The number of piperidine rings is 1. The van der Waals surface area contributed by atoms with Crippen molar-refractivity contribution in [1.29, 1.82) is 0 Å². The molecule has 35 heavy (non-hydrogen) atoms. The molecule has 192 valence electrons. The summed E-state index contributed by atoms with van der Waals surface area (Å²) in [6, 6.07) is 7.44. The molecule has 0 amide bonds. The number of rotatable bonds is 6. The maximum Gasteiger partial charge on any atom is 0.0605 e. The van der Waals surface area contributed by atoms with E-state index in [1.165, 1.54) is 114 Å². The lowest BCUT2D eigenvalue weighted by Gasteiger charge is -2.41. The molecule has 1 aromatic carbocycles. The van der Waals surface area contributed by atoms with Gasteiger partial charge in [0.1, 0.15) is 0 Å². The molecule has 4 nitrogen and oxygen atoms in total. The van der Waals surface area contributed by atoms with Gasteiger partial charge in [-0.2, -0.15) is 0 Å². The minimum atomic E-state index is 0.435. The Morgan fingerprint density at radius 3 is 2.29 bits per heavy atom. The van der Waals surface area contributed by atoms with E-state index in [0.29, 0.717) is 11.5 Å². The van der Waals surface area contributed by atoms with Gasteiger partial charge in [-0.25, -0.2) is 0 Å². The summed E-state index contributed by atoms with van der Waals surface area (Å²) in [6.45, 7) is 8.36. The van der Waals surface area contributed by atoms with E-state index in [4.69, 9.17) is 4.74 Å². The van der Waals surface area contributed by atoms with Crippen molar-refractivity contribution in [2.75, 3.05) is 62.7 Å². The minimum absolute atomic E-state index is 0.435. The fourth-order valence-electron chi connectivity index (χ4n) is 7.38. The van der Waals surface area contributed by atoms with Crippen LogP contribution in [-0.2, 0) is 4.74 Å². The lowest BCUT2D eigenvalue weighted by atomic mass is 9.65. The van der Waals surface area contributed by atoms with E-state index in [2.05, 4.69) is 39.0 Å². The van der Waals surface area contributed by atoms with Crippen molar-refractivity contribution in [3.05, 3.63) is 29.8 Å². The predicted molar refractivity (Wildman–Crippen MR) is 147 cm³/mol. The van der Waals surface area contributed by atoms with Gasteiger partial charge in [-0.05, 0) is 92.9 Å². The second kappa shape index (κ2) is 10.5. The van der Waals surface area contributed by atoms with Gasteiger partial charge in [0.15, 0.2) is 0 Å². The van der Waals surface area contributed by atoms with E-state index in [9.17, 15) is 0 Å². The first-order valence-electron chi connectivity index (χ1n) is 14.8. The van der Waals surface area contributed by atoms with Crippen molar-refractivity contribution in [2.45, 2.75) is 83.2 Å². The predicted octanol–water partition coefficient (Wildman–Crippen LogP) is 6.35. The Bertz CT molecular complexity index is 884. The third-order valence-corrected chi connectivity index (χ3v) is 10.0. The first-order chi connectivity index (χ1) is 17.2. The van der Waals surface area contributed by atoms with Crippen LogP contribution in [0, 0.1) is 11.3 Å². The van der Waals surface area contributed by atoms with E-state index in [0.717, 1.165) is 31.8 Å². The van der Waals surface area contributed by atoms with E-state index in [1.807, 2.05) is 7.11 Å². The molecule has 4 heteroatoms. The van der Waals surface area contributed by atoms with Gasteiger partial charge < -0.3 is 14.5 Å². The Kier molecular flexibility index (Phi) is 7.13. The van der Waals surface area contributed by atoms with Crippen molar-refractivity contribution in [3.63, 3.8) is 0 Å². The standard InChI is InChI=1S/C31H47N3O/c1-35-28-11-17-33(18-12-28)27-7-8-30(34-21-19-32(20-22-34)24-25-5-6-25)29(23-27)26-9-15-31(16-10-26)13-3-2-4-14-31/h7-9,23,25,28H,2-6,10-22,24H2,1H3. The lowest BCUT2D eigenvalue weighted by Crippen LogP contribution is -2.47. The van der Waals surface area contributed by atoms with E-state index in [-0.39, 0.29) is 0 Å². The topological polar surface area (TPSA) is 19.0 Å². The van der Waals surface area contributed by atoms with Crippen LogP contribution in [0.3, 0.4) is 0 Å². The number of anilines is 2. The monoisotopic (exact) mass is 477 g/mol. The first-order valence-corrected chi connectivity index (χ1v) is 14.8. The Morgan fingerprint density at radius 1 is 0.857 bits per heavy atom. The quantitative estimate of drug-likeness (QED) is 0.475. The average Bonchev–Trinajstić information content (AvgIpc) is 3.74. The highest BCUT2D eigenvalue weighted by Crippen LogP contribution is 2.49. The van der Waals surface area contributed by atoms with Gasteiger partial charge in [-0.3, -0.25) is 4.90 Å². The number of allylic oxidation sites excluding steroid dienone is 2. The normalized spacial score (nSPS) is 26.3. The van der Waals surface area contributed by atoms with Crippen molar-refractivity contribution < 1.29 is 4.74 Å². The zero-order valence-corrected chi connectivity index (χ0v) is 22.1. The molecule has 4 fully saturated rings. The number of ether oxygens (including phenoxy) is 1. The maximum absolute atomic E-state index is 5.64.